The summed E-state index contributed by atoms with van der Waals surface area (Å²) in [5.41, 5.74) is 9.71. The first-order valence-electron chi connectivity index (χ1n) is 6.12. The van der Waals surface area contributed by atoms with Crippen molar-refractivity contribution in [3.8, 4) is 0 Å². The molecule has 4 nitrogen and oxygen atoms in total. The number of fused-ring (bicyclic) bond motifs is 1. The van der Waals surface area contributed by atoms with Crippen molar-refractivity contribution in [1.29, 1.82) is 0 Å². The second-order valence-electron chi connectivity index (χ2n) is 4.82. The third kappa shape index (κ3) is 2.90. The van der Waals surface area contributed by atoms with Crippen LogP contribution in [0.25, 0.3) is 10.9 Å². The average molecular weight is 244 g/mol. The van der Waals surface area contributed by atoms with Gasteiger partial charge < -0.3 is 16.0 Å². The van der Waals surface area contributed by atoms with Gasteiger partial charge in [0, 0.05) is 35.5 Å². The monoisotopic (exact) mass is 244 g/mol. The number of aryl methyl sites for hydroxylation is 1. The molecule has 3 N–H and O–H groups in total. The van der Waals surface area contributed by atoms with E-state index in [9.17, 15) is 0 Å². The Labute approximate surface area is 108 Å². The van der Waals surface area contributed by atoms with E-state index in [1.807, 2.05) is 25.1 Å². The van der Waals surface area contributed by atoms with Crippen molar-refractivity contribution in [2.24, 2.45) is 0 Å². The maximum atomic E-state index is 5.84. The molecule has 0 saturated heterocycles. The molecule has 0 spiro atoms. The Hall–Kier alpha value is -1.81. The van der Waals surface area contributed by atoms with Crippen LogP contribution in [0.4, 0.5) is 11.4 Å². The molecule has 0 fully saturated rings. The topological polar surface area (TPSA) is 54.2 Å². The fourth-order valence-electron chi connectivity index (χ4n) is 1.94. The van der Waals surface area contributed by atoms with Crippen LogP contribution >= 0.6 is 0 Å². The van der Waals surface area contributed by atoms with Crippen LogP contribution in [-0.4, -0.2) is 37.1 Å². The van der Waals surface area contributed by atoms with Crippen molar-refractivity contribution < 1.29 is 0 Å². The number of rotatable bonds is 4. The van der Waals surface area contributed by atoms with Crippen molar-refractivity contribution in [2.45, 2.75) is 6.92 Å². The van der Waals surface area contributed by atoms with Crippen LogP contribution in [0.5, 0.6) is 0 Å². The Kier molecular flexibility index (Phi) is 3.67. The molecule has 0 aliphatic carbocycles. The molecular weight excluding hydrogens is 224 g/mol. The Morgan fingerprint density at radius 2 is 2.06 bits per heavy atom. The first kappa shape index (κ1) is 12.6. The molecule has 18 heavy (non-hydrogen) atoms. The number of nitrogens with one attached hydrogen (secondary N) is 1. The van der Waals surface area contributed by atoms with Crippen LogP contribution in [0.2, 0.25) is 0 Å². The summed E-state index contributed by atoms with van der Waals surface area (Å²) in [4.78, 5) is 6.67. The molecule has 4 heteroatoms. The van der Waals surface area contributed by atoms with Gasteiger partial charge in [0.1, 0.15) is 0 Å². The lowest BCUT2D eigenvalue weighted by atomic mass is 10.1. The van der Waals surface area contributed by atoms with Crippen LogP contribution in [0.1, 0.15) is 5.69 Å². The molecule has 1 aromatic heterocycles. The van der Waals surface area contributed by atoms with Gasteiger partial charge >= 0.3 is 0 Å². The molecule has 1 aromatic carbocycles. The Bertz CT molecular complexity index is 549. The number of hydrogen-bond acceptors (Lipinski definition) is 4. The van der Waals surface area contributed by atoms with Crippen LogP contribution < -0.4 is 11.1 Å². The van der Waals surface area contributed by atoms with E-state index in [-0.39, 0.29) is 0 Å². The summed E-state index contributed by atoms with van der Waals surface area (Å²) < 4.78 is 0. The van der Waals surface area contributed by atoms with E-state index in [0.29, 0.717) is 0 Å². The van der Waals surface area contributed by atoms with Gasteiger partial charge in [0.05, 0.1) is 5.52 Å². The zero-order valence-corrected chi connectivity index (χ0v) is 11.2. The van der Waals surface area contributed by atoms with E-state index < -0.39 is 0 Å². The number of pyridine rings is 1. The number of nitrogens with zero attached hydrogens (tertiary/aromatic N) is 2. The molecule has 0 atom stereocenters. The van der Waals surface area contributed by atoms with Gasteiger partial charge in [-0.2, -0.15) is 0 Å². The lowest BCUT2D eigenvalue weighted by Gasteiger charge is -2.14. The number of anilines is 2. The number of hydrogen-bond donors (Lipinski definition) is 2. The van der Waals surface area contributed by atoms with Crippen LogP contribution in [0.3, 0.4) is 0 Å². The summed E-state index contributed by atoms with van der Waals surface area (Å²) in [6.07, 6.45) is 0. The van der Waals surface area contributed by atoms with E-state index in [2.05, 4.69) is 35.4 Å². The minimum absolute atomic E-state index is 0.767. The summed E-state index contributed by atoms with van der Waals surface area (Å²) in [6, 6.07) is 7.89. The molecule has 1 heterocycles. The van der Waals surface area contributed by atoms with E-state index >= 15 is 0 Å². The van der Waals surface area contributed by atoms with Crippen molar-refractivity contribution in [3.63, 3.8) is 0 Å². The number of nitrogen functional groups attached to an aromatic ring is 1. The fourth-order valence-corrected chi connectivity index (χ4v) is 1.94. The Morgan fingerprint density at radius 1 is 1.28 bits per heavy atom. The first-order chi connectivity index (χ1) is 8.56. The van der Waals surface area contributed by atoms with Gasteiger partial charge in [-0.3, -0.25) is 4.98 Å². The zero-order valence-electron chi connectivity index (χ0n) is 11.2. The normalized spacial score (nSPS) is 11.1. The fraction of sp³-hybridized carbons (Fsp3) is 0.357. The highest BCUT2D eigenvalue weighted by Gasteiger charge is 2.04. The number of nitrogens with two attached hydrogens (primary N) is 1. The quantitative estimate of drug-likeness (QED) is 0.809. The maximum absolute atomic E-state index is 5.84. The minimum Gasteiger partial charge on any atom is -0.399 e. The third-order valence-corrected chi connectivity index (χ3v) is 2.84. The predicted octanol–water partition coefficient (Wildman–Crippen LogP) is 2.10. The van der Waals surface area contributed by atoms with Gasteiger partial charge in [-0.1, -0.05) is 0 Å². The van der Waals surface area contributed by atoms with Gasteiger partial charge in [0.15, 0.2) is 0 Å². The molecular formula is C14H20N4. The largest absolute Gasteiger partial charge is 0.399 e. The maximum Gasteiger partial charge on any atom is 0.0727 e. The highest BCUT2D eigenvalue weighted by Crippen LogP contribution is 2.25. The van der Waals surface area contributed by atoms with Crippen molar-refractivity contribution in [1.82, 2.24) is 9.88 Å². The smallest absolute Gasteiger partial charge is 0.0727 e. The van der Waals surface area contributed by atoms with Gasteiger partial charge in [-0.05, 0) is 45.3 Å². The second kappa shape index (κ2) is 5.23. The van der Waals surface area contributed by atoms with Crippen LogP contribution in [0, 0.1) is 6.92 Å². The molecule has 96 valence electrons. The highest BCUT2D eigenvalue weighted by atomic mass is 15.1. The lowest BCUT2D eigenvalue weighted by Crippen LogP contribution is -2.20. The number of aromatic nitrogens is 1. The molecule has 2 rings (SSSR count). The van der Waals surface area contributed by atoms with E-state index in [1.165, 1.54) is 0 Å². The van der Waals surface area contributed by atoms with Gasteiger partial charge in [-0.15, -0.1) is 0 Å². The molecule has 0 aliphatic rings. The highest BCUT2D eigenvalue weighted by molar-refractivity contribution is 5.93. The predicted molar refractivity (Wildman–Crippen MR) is 77.9 cm³/mol. The summed E-state index contributed by atoms with van der Waals surface area (Å²) in [5.74, 6) is 0. The van der Waals surface area contributed by atoms with Crippen molar-refractivity contribution >= 4 is 22.3 Å². The molecule has 0 saturated carbocycles. The second-order valence-corrected chi connectivity index (χ2v) is 4.82. The minimum atomic E-state index is 0.767. The van der Waals surface area contributed by atoms with Gasteiger partial charge in [0.2, 0.25) is 0 Å². The summed E-state index contributed by atoms with van der Waals surface area (Å²) in [7, 11) is 4.13. The van der Waals surface area contributed by atoms with Gasteiger partial charge in [0.25, 0.3) is 0 Å². The molecule has 0 bridgehead atoms. The third-order valence-electron chi connectivity index (χ3n) is 2.84. The SMILES string of the molecule is Cc1cc(NCCN(C)C)c2cc(N)ccc2n1. The first-order valence-corrected chi connectivity index (χ1v) is 6.12. The van der Waals surface area contributed by atoms with Crippen molar-refractivity contribution in [3.05, 3.63) is 30.0 Å². The molecule has 0 aliphatic heterocycles. The molecule has 0 amide bonds. The van der Waals surface area contributed by atoms with Crippen LogP contribution in [-0.2, 0) is 0 Å². The summed E-state index contributed by atoms with van der Waals surface area (Å²) in [6.45, 7) is 3.90. The standard InChI is InChI=1S/C14H20N4/c1-10-8-14(16-6-7-18(2)3)12-9-11(15)4-5-13(12)17-10/h4-5,8-9H,6-7,15H2,1-3H3,(H,16,17). The average Bonchev–Trinajstić information content (AvgIpc) is 2.29. The van der Waals surface area contributed by atoms with E-state index in [1.54, 1.807) is 0 Å². The van der Waals surface area contributed by atoms with E-state index in [4.69, 9.17) is 5.73 Å². The number of likely N-dealkylation sites (N-methyl/N-ethyl adjacent to an activating group) is 1. The summed E-state index contributed by atoms with van der Waals surface area (Å²) >= 11 is 0. The lowest BCUT2D eigenvalue weighted by molar-refractivity contribution is 0.425. The zero-order chi connectivity index (χ0) is 13.1. The van der Waals surface area contributed by atoms with Crippen LogP contribution in [0.15, 0.2) is 24.3 Å². The van der Waals surface area contributed by atoms with Gasteiger partial charge in [-0.25, -0.2) is 0 Å². The summed E-state index contributed by atoms with van der Waals surface area (Å²) in [5, 5.41) is 4.53. The molecule has 0 radical (unpaired) electrons. The molecule has 2 aromatic rings. The van der Waals surface area contributed by atoms with Crippen molar-refractivity contribution in [2.75, 3.05) is 38.2 Å². The Morgan fingerprint density at radius 3 is 2.78 bits per heavy atom. The Balaban J connectivity index is 2.32. The molecule has 0 unspecified atom stereocenters. The van der Waals surface area contributed by atoms with E-state index in [0.717, 1.165) is 41.1 Å². The number of benzene rings is 1.